The predicted molar refractivity (Wildman–Crippen MR) is 148 cm³/mol. The maximum absolute atomic E-state index is 14.1. The summed E-state index contributed by atoms with van der Waals surface area (Å²) in [4.78, 5) is 12.6. The Hall–Kier alpha value is -3.28. The molecule has 0 heterocycles. The van der Waals surface area contributed by atoms with Crippen molar-refractivity contribution in [3.05, 3.63) is 100 Å². The number of nitrogens with one attached hydrogen (secondary N) is 3. The highest BCUT2D eigenvalue weighted by molar-refractivity contribution is 7.89. The second-order valence-electron chi connectivity index (χ2n) is 10.5. The zero-order valence-corrected chi connectivity index (χ0v) is 23.6. The van der Waals surface area contributed by atoms with Gasteiger partial charge in [0.25, 0.3) is 0 Å². The zero-order chi connectivity index (χ0) is 29.8. The van der Waals surface area contributed by atoms with Crippen LogP contribution in [0.3, 0.4) is 0 Å². The Balaban J connectivity index is 1.54. The van der Waals surface area contributed by atoms with E-state index in [0.29, 0.717) is 18.5 Å². The van der Waals surface area contributed by atoms with Crippen molar-refractivity contribution in [2.45, 2.75) is 75.3 Å². The number of hydrogen-bond acceptors (Lipinski definition) is 4. The average Bonchev–Trinajstić information content (AvgIpc) is 2.91. The molecule has 3 N–H and O–H groups in total. The molecule has 0 bridgehead atoms. The zero-order valence-electron chi connectivity index (χ0n) is 22.8. The van der Waals surface area contributed by atoms with Crippen molar-refractivity contribution in [3.63, 3.8) is 0 Å². The fourth-order valence-electron chi connectivity index (χ4n) is 4.93. The Morgan fingerprint density at radius 1 is 1.02 bits per heavy atom. The van der Waals surface area contributed by atoms with Gasteiger partial charge in [0.1, 0.15) is 5.82 Å². The monoisotopic (exact) mass is 591 g/mol. The standard InChI is InChI=1S/C30H33F4N3O3S/c1-19(2)35-18-20-12-13-26-21(14-20)6-4-11-27(26)36-29(38)17-28(22-7-3-9-24(31)15-22)37-41(39,40)25-10-5-8-23(16-25)30(32,33)34/h3,5,7-10,12-16,19,27-28,35,37H,4,6,11,17-18H2,1-2H3,(H,36,38)/t27-,28-/m1/s1. The van der Waals surface area contributed by atoms with Crippen LogP contribution < -0.4 is 15.4 Å². The van der Waals surface area contributed by atoms with Crippen LogP contribution in [0.15, 0.2) is 71.6 Å². The summed E-state index contributed by atoms with van der Waals surface area (Å²) in [5.41, 5.74) is 2.31. The van der Waals surface area contributed by atoms with Gasteiger partial charge in [0.05, 0.1) is 22.5 Å². The molecule has 0 unspecified atom stereocenters. The first-order valence-corrected chi connectivity index (χ1v) is 14.9. The second kappa shape index (κ2) is 12.7. The van der Waals surface area contributed by atoms with Crippen LogP contribution >= 0.6 is 0 Å². The van der Waals surface area contributed by atoms with Crippen molar-refractivity contribution < 1.29 is 30.8 Å². The van der Waals surface area contributed by atoms with Gasteiger partial charge in [0.2, 0.25) is 15.9 Å². The van der Waals surface area contributed by atoms with Crippen molar-refractivity contribution in [1.82, 2.24) is 15.4 Å². The van der Waals surface area contributed by atoms with Crippen LogP contribution in [0.2, 0.25) is 0 Å². The van der Waals surface area contributed by atoms with Gasteiger partial charge in [-0.15, -0.1) is 0 Å². The van der Waals surface area contributed by atoms with Crippen molar-refractivity contribution in [3.8, 4) is 0 Å². The SMILES string of the molecule is CC(C)NCc1ccc2c(c1)CCC[C@H]2NC(=O)C[C@@H](NS(=O)(=O)c1cccc(C(F)(F)F)c1)c1cccc(F)c1. The van der Waals surface area contributed by atoms with Crippen LogP contribution in [0.1, 0.15) is 73.0 Å². The molecular formula is C30H33F4N3O3S. The van der Waals surface area contributed by atoms with Gasteiger partial charge in [0.15, 0.2) is 0 Å². The third kappa shape index (κ3) is 8.15. The molecule has 3 aromatic rings. The Kier molecular flexibility index (Phi) is 9.51. The molecule has 0 aliphatic heterocycles. The smallest absolute Gasteiger partial charge is 0.349 e. The van der Waals surface area contributed by atoms with Crippen molar-refractivity contribution in [2.75, 3.05) is 0 Å². The third-order valence-corrected chi connectivity index (χ3v) is 8.45. The molecule has 3 aromatic carbocycles. The van der Waals surface area contributed by atoms with Gasteiger partial charge >= 0.3 is 6.18 Å². The quantitative estimate of drug-likeness (QED) is 0.255. The molecule has 1 aliphatic carbocycles. The first kappa shape index (κ1) is 30.7. The van der Waals surface area contributed by atoms with Gasteiger partial charge in [-0.3, -0.25) is 4.79 Å². The summed E-state index contributed by atoms with van der Waals surface area (Å²) < 4.78 is 82.3. The Morgan fingerprint density at radius 2 is 1.78 bits per heavy atom. The molecule has 0 aromatic heterocycles. The first-order chi connectivity index (χ1) is 19.3. The lowest BCUT2D eigenvalue weighted by atomic mass is 9.86. The van der Waals surface area contributed by atoms with Crippen LogP contribution in [0.4, 0.5) is 17.6 Å². The molecule has 6 nitrogen and oxygen atoms in total. The second-order valence-corrected chi connectivity index (χ2v) is 12.3. The molecule has 220 valence electrons. The molecule has 0 radical (unpaired) electrons. The Morgan fingerprint density at radius 3 is 2.49 bits per heavy atom. The van der Waals surface area contributed by atoms with Gasteiger partial charge in [-0.1, -0.05) is 50.2 Å². The minimum Gasteiger partial charge on any atom is -0.349 e. The highest BCUT2D eigenvalue weighted by Gasteiger charge is 2.33. The minimum atomic E-state index is -4.74. The minimum absolute atomic E-state index is 0.169. The number of halogens is 4. The fourth-order valence-corrected chi connectivity index (χ4v) is 6.20. The number of alkyl halides is 3. The highest BCUT2D eigenvalue weighted by atomic mass is 32.2. The van der Waals surface area contributed by atoms with E-state index in [4.69, 9.17) is 0 Å². The first-order valence-electron chi connectivity index (χ1n) is 13.4. The van der Waals surface area contributed by atoms with E-state index in [1.54, 1.807) is 0 Å². The van der Waals surface area contributed by atoms with Crippen LogP contribution in [0.25, 0.3) is 0 Å². The summed E-state index contributed by atoms with van der Waals surface area (Å²) in [6, 6.07) is 13.4. The number of benzene rings is 3. The Bertz CT molecular complexity index is 1490. The molecular weight excluding hydrogens is 558 g/mol. The summed E-state index contributed by atoms with van der Waals surface area (Å²) in [5.74, 6) is -1.12. The molecule has 2 atom stereocenters. The van der Waals surface area contributed by atoms with Gasteiger partial charge in [0, 0.05) is 19.0 Å². The lowest BCUT2D eigenvalue weighted by Gasteiger charge is -2.28. The van der Waals surface area contributed by atoms with Gasteiger partial charge in [-0.2, -0.15) is 13.2 Å². The summed E-state index contributed by atoms with van der Waals surface area (Å²) in [6.45, 7) is 4.87. The average molecular weight is 592 g/mol. The van der Waals surface area contributed by atoms with E-state index < -0.39 is 44.4 Å². The number of carbonyl (C=O) groups excluding carboxylic acids is 1. The molecule has 1 aliphatic rings. The molecule has 0 saturated carbocycles. The largest absolute Gasteiger partial charge is 0.416 e. The number of fused-ring (bicyclic) bond motifs is 1. The van der Waals surface area contributed by atoms with E-state index in [-0.39, 0.29) is 18.0 Å². The molecule has 1 amide bonds. The van der Waals surface area contributed by atoms with Crippen molar-refractivity contribution >= 4 is 15.9 Å². The lowest BCUT2D eigenvalue weighted by molar-refractivity contribution is -0.137. The Labute approximate surface area is 237 Å². The topological polar surface area (TPSA) is 87.3 Å². The van der Waals surface area contributed by atoms with E-state index in [0.717, 1.165) is 60.3 Å². The molecule has 0 spiro atoms. The number of aryl methyl sites for hydroxylation is 1. The van der Waals surface area contributed by atoms with Crippen LogP contribution in [-0.2, 0) is 34.0 Å². The van der Waals surface area contributed by atoms with Gasteiger partial charge < -0.3 is 10.6 Å². The maximum atomic E-state index is 14.1. The molecule has 0 saturated heterocycles. The van der Waals surface area contributed by atoms with Crippen LogP contribution in [-0.4, -0.2) is 20.4 Å². The van der Waals surface area contributed by atoms with Crippen molar-refractivity contribution in [2.24, 2.45) is 0 Å². The van der Waals surface area contributed by atoms with Crippen molar-refractivity contribution in [1.29, 1.82) is 0 Å². The number of rotatable bonds is 10. The van der Waals surface area contributed by atoms with Gasteiger partial charge in [-0.05, 0) is 71.8 Å². The van der Waals surface area contributed by atoms with E-state index in [1.165, 1.54) is 18.2 Å². The molecule has 11 heteroatoms. The van der Waals surface area contributed by atoms with Crippen LogP contribution in [0, 0.1) is 5.82 Å². The lowest BCUT2D eigenvalue weighted by Crippen LogP contribution is -2.36. The number of hydrogen-bond donors (Lipinski definition) is 3. The summed E-state index contributed by atoms with van der Waals surface area (Å²) >= 11 is 0. The highest BCUT2D eigenvalue weighted by Crippen LogP contribution is 2.33. The van der Waals surface area contributed by atoms with Gasteiger partial charge in [-0.25, -0.2) is 17.5 Å². The maximum Gasteiger partial charge on any atom is 0.416 e. The number of sulfonamides is 1. The van der Waals surface area contributed by atoms with E-state index in [9.17, 15) is 30.8 Å². The summed E-state index contributed by atoms with van der Waals surface area (Å²) in [6.07, 6.45) is -2.70. The summed E-state index contributed by atoms with van der Waals surface area (Å²) in [5, 5.41) is 6.37. The summed E-state index contributed by atoms with van der Waals surface area (Å²) in [7, 11) is -4.51. The van der Waals surface area contributed by atoms with Crippen LogP contribution in [0.5, 0.6) is 0 Å². The fraction of sp³-hybridized carbons (Fsp3) is 0.367. The normalized spacial score (nSPS) is 16.3. The number of amides is 1. The van der Waals surface area contributed by atoms with E-state index in [2.05, 4.69) is 35.3 Å². The molecule has 0 fully saturated rings. The molecule has 41 heavy (non-hydrogen) atoms. The third-order valence-electron chi connectivity index (χ3n) is 6.98. The predicted octanol–water partition coefficient (Wildman–Crippen LogP) is 5.95. The van der Waals surface area contributed by atoms with E-state index in [1.807, 2.05) is 12.1 Å². The van der Waals surface area contributed by atoms with E-state index >= 15 is 0 Å². The number of carbonyl (C=O) groups is 1. The molecule has 4 rings (SSSR count).